The second kappa shape index (κ2) is 9.28. The summed E-state index contributed by atoms with van der Waals surface area (Å²) in [7, 11) is 1.69. The summed E-state index contributed by atoms with van der Waals surface area (Å²) in [5, 5.41) is 14.6. The summed E-state index contributed by atoms with van der Waals surface area (Å²) in [6.07, 6.45) is 3.17. The van der Waals surface area contributed by atoms with Crippen molar-refractivity contribution in [2.24, 2.45) is 10.9 Å². The van der Waals surface area contributed by atoms with Gasteiger partial charge >= 0.3 is 0 Å². The number of halogens is 1. The third-order valence-corrected chi connectivity index (χ3v) is 2.97. The van der Waals surface area contributed by atoms with Crippen LogP contribution in [0.4, 0.5) is 4.39 Å². The fraction of sp³-hybridized carbons (Fsp3) is 0.500. The molecule has 0 fully saturated rings. The zero-order valence-electron chi connectivity index (χ0n) is 11.7. The van der Waals surface area contributed by atoms with Gasteiger partial charge in [-0.25, -0.2) is 4.39 Å². The molecule has 0 bridgehead atoms. The highest BCUT2D eigenvalue weighted by molar-refractivity contribution is 5.97. The molecule has 4 N–H and O–H groups in total. The lowest BCUT2D eigenvalue weighted by Gasteiger charge is -2.07. The van der Waals surface area contributed by atoms with Gasteiger partial charge in [-0.3, -0.25) is 0 Å². The molecule has 0 aliphatic rings. The third kappa shape index (κ3) is 5.54. The number of nitrogens with zero attached hydrogens (tertiary/aromatic N) is 1. The van der Waals surface area contributed by atoms with Crippen molar-refractivity contribution in [3.63, 3.8) is 0 Å². The topological polar surface area (TPSA) is 79.9 Å². The Morgan fingerprint density at radius 2 is 2.20 bits per heavy atom. The maximum atomic E-state index is 13.8. The average molecular weight is 283 g/mol. The summed E-state index contributed by atoms with van der Waals surface area (Å²) in [6.45, 7) is 2.08. The zero-order valence-corrected chi connectivity index (χ0v) is 11.7. The first-order valence-electron chi connectivity index (χ1n) is 6.65. The van der Waals surface area contributed by atoms with E-state index in [1.807, 2.05) is 0 Å². The summed E-state index contributed by atoms with van der Waals surface area (Å²) >= 11 is 0. The molecule has 0 spiro atoms. The Labute approximate surface area is 118 Å². The van der Waals surface area contributed by atoms with Crippen LogP contribution in [0.1, 0.15) is 30.4 Å². The fourth-order valence-corrected chi connectivity index (χ4v) is 1.80. The number of oxime groups is 1. The quantitative estimate of drug-likeness (QED) is 0.212. The zero-order chi connectivity index (χ0) is 14.8. The Hall–Kier alpha value is -1.66. The average Bonchev–Trinajstić information content (AvgIpc) is 2.46. The highest BCUT2D eigenvalue weighted by Crippen LogP contribution is 2.10. The first-order chi connectivity index (χ1) is 9.69. The maximum Gasteiger partial charge on any atom is 0.170 e. The molecule has 0 unspecified atom stereocenters. The van der Waals surface area contributed by atoms with E-state index in [-0.39, 0.29) is 11.7 Å². The van der Waals surface area contributed by atoms with Gasteiger partial charge in [-0.2, -0.15) is 0 Å². The number of ether oxygens (including phenoxy) is 1. The lowest BCUT2D eigenvalue weighted by atomic mass is 10.1. The molecule has 5 nitrogen and oxygen atoms in total. The minimum Gasteiger partial charge on any atom is -0.409 e. The summed E-state index contributed by atoms with van der Waals surface area (Å²) in [5.74, 6) is -0.456. The summed E-state index contributed by atoms with van der Waals surface area (Å²) in [4.78, 5) is 0. The van der Waals surface area contributed by atoms with Gasteiger partial charge in [-0.1, -0.05) is 17.3 Å². The lowest BCUT2D eigenvalue weighted by Crippen LogP contribution is -2.17. The molecule has 1 aromatic carbocycles. The highest BCUT2D eigenvalue weighted by atomic mass is 19.1. The predicted molar refractivity (Wildman–Crippen MR) is 76.3 cm³/mol. The largest absolute Gasteiger partial charge is 0.409 e. The van der Waals surface area contributed by atoms with E-state index in [1.165, 1.54) is 6.07 Å². The predicted octanol–water partition coefficient (Wildman–Crippen LogP) is 1.83. The van der Waals surface area contributed by atoms with Gasteiger partial charge in [0.15, 0.2) is 5.84 Å². The number of amidine groups is 1. The fourth-order valence-electron chi connectivity index (χ4n) is 1.80. The molecule has 6 heteroatoms. The van der Waals surface area contributed by atoms with Crippen LogP contribution in [-0.4, -0.2) is 31.3 Å². The third-order valence-electron chi connectivity index (χ3n) is 2.97. The maximum absolute atomic E-state index is 13.8. The number of benzene rings is 1. The van der Waals surface area contributed by atoms with Gasteiger partial charge in [-0.05, 0) is 31.9 Å². The number of nitrogens with one attached hydrogen (secondary N) is 1. The van der Waals surface area contributed by atoms with Crippen molar-refractivity contribution in [2.45, 2.75) is 25.8 Å². The van der Waals surface area contributed by atoms with E-state index in [4.69, 9.17) is 15.7 Å². The van der Waals surface area contributed by atoms with Crippen molar-refractivity contribution in [1.29, 1.82) is 0 Å². The van der Waals surface area contributed by atoms with E-state index < -0.39 is 0 Å². The molecule has 0 atom stereocenters. The van der Waals surface area contributed by atoms with Crippen molar-refractivity contribution >= 4 is 5.84 Å². The summed E-state index contributed by atoms with van der Waals surface area (Å²) in [5.41, 5.74) is 6.34. The highest BCUT2D eigenvalue weighted by Gasteiger charge is 2.06. The van der Waals surface area contributed by atoms with Crippen LogP contribution in [0.3, 0.4) is 0 Å². The Kier molecular flexibility index (Phi) is 7.60. The molecule has 0 heterocycles. The van der Waals surface area contributed by atoms with Crippen molar-refractivity contribution in [3.05, 3.63) is 35.1 Å². The molecule has 112 valence electrons. The van der Waals surface area contributed by atoms with Crippen LogP contribution < -0.4 is 11.1 Å². The first kappa shape index (κ1) is 16.4. The van der Waals surface area contributed by atoms with Gasteiger partial charge in [-0.15, -0.1) is 0 Å². The van der Waals surface area contributed by atoms with Crippen LogP contribution in [0.25, 0.3) is 0 Å². The summed E-state index contributed by atoms with van der Waals surface area (Å²) < 4.78 is 18.7. The number of hydrogen-bond acceptors (Lipinski definition) is 4. The molecule has 0 aromatic heterocycles. The monoisotopic (exact) mass is 283 g/mol. The molecule has 0 aliphatic carbocycles. The van der Waals surface area contributed by atoms with E-state index in [0.29, 0.717) is 17.7 Å². The van der Waals surface area contributed by atoms with Crippen LogP contribution in [0.15, 0.2) is 23.4 Å². The minimum absolute atomic E-state index is 0.0958. The molecule has 0 saturated heterocycles. The van der Waals surface area contributed by atoms with Crippen LogP contribution in [0, 0.1) is 5.82 Å². The van der Waals surface area contributed by atoms with Crippen molar-refractivity contribution < 1.29 is 14.3 Å². The second-order valence-electron chi connectivity index (χ2n) is 4.52. The van der Waals surface area contributed by atoms with Crippen LogP contribution in [0.2, 0.25) is 0 Å². The molecule has 0 aliphatic heterocycles. The van der Waals surface area contributed by atoms with Crippen LogP contribution >= 0.6 is 0 Å². The number of nitrogens with two attached hydrogens (primary N) is 1. The molecule has 0 amide bonds. The lowest BCUT2D eigenvalue weighted by molar-refractivity contribution is 0.192. The molecule has 0 saturated carbocycles. The molecular formula is C14H22FN3O2. The van der Waals surface area contributed by atoms with Gasteiger partial charge in [0.25, 0.3) is 0 Å². The molecule has 0 radical (unpaired) electrons. The number of unbranched alkanes of at least 4 members (excludes halogenated alkanes) is 2. The molecule has 1 rings (SSSR count). The van der Waals surface area contributed by atoms with Crippen molar-refractivity contribution in [1.82, 2.24) is 5.32 Å². The van der Waals surface area contributed by atoms with Crippen molar-refractivity contribution in [2.75, 3.05) is 20.3 Å². The summed E-state index contributed by atoms with van der Waals surface area (Å²) in [6, 6.07) is 4.54. The normalized spacial score (nSPS) is 11.8. The molecule has 20 heavy (non-hydrogen) atoms. The van der Waals surface area contributed by atoms with Gasteiger partial charge in [0.1, 0.15) is 5.82 Å². The van der Waals surface area contributed by atoms with Crippen molar-refractivity contribution in [3.8, 4) is 0 Å². The second-order valence-corrected chi connectivity index (χ2v) is 4.52. The van der Waals surface area contributed by atoms with E-state index >= 15 is 0 Å². The first-order valence-corrected chi connectivity index (χ1v) is 6.65. The number of methoxy groups -OCH3 is 1. The van der Waals surface area contributed by atoms with Gasteiger partial charge in [0.05, 0.1) is 0 Å². The van der Waals surface area contributed by atoms with Gasteiger partial charge < -0.3 is 21.0 Å². The SMILES string of the molecule is COCCCCCNCc1ccc(/C(N)=N/O)cc1F. The minimum atomic E-state index is -0.360. The smallest absolute Gasteiger partial charge is 0.170 e. The molecule has 1 aromatic rings. The number of rotatable bonds is 9. The van der Waals surface area contributed by atoms with E-state index in [9.17, 15) is 4.39 Å². The standard InChI is InChI=1S/C14H22FN3O2/c1-20-8-4-2-3-7-17-10-12-6-5-11(9-13(12)15)14(16)18-19/h5-6,9,17,19H,2-4,7-8,10H2,1H3,(H2,16,18). The molecular weight excluding hydrogens is 261 g/mol. The van der Waals surface area contributed by atoms with E-state index in [0.717, 1.165) is 32.4 Å². The van der Waals surface area contributed by atoms with E-state index in [1.54, 1.807) is 19.2 Å². The van der Waals surface area contributed by atoms with E-state index in [2.05, 4.69) is 10.5 Å². The van der Waals surface area contributed by atoms with Crippen LogP contribution in [0.5, 0.6) is 0 Å². The number of hydrogen-bond donors (Lipinski definition) is 3. The Bertz CT molecular complexity index is 438. The van der Waals surface area contributed by atoms with Gasteiger partial charge in [0.2, 0.25) is 0 Å². The Morgan fingerprint density at radius 1 is 1.40 bits per heavy atom. The van der Waals surface area contributed by atoms with Crippen LogP contribution in [-0.2, 0) is 11.3 Å². The Balaban J connectivity index is 2.34. The Morgan fingerprint density at radius 3 is 2.85 bits per heavy atom. The van der Waals surface area contributed by atoms with Gasteiger partial charge in [0, 0.05) is 31.4 Å².